The Morgan fingerprint density at radius 2 is 1.41 bits per heavy atom. The molecule has 0 rings (SSSR count). The van der Waals surface area contributed by atoms with Crippen molar-refractivity contribution in [3.63, 3.8) is 0 Å². The number of rotatable bonds is 14. The second kappa shape index (κ2) is 13.3. The molecule has 0 radical (unpaired) electrons. The summed E-state index contributed by atoms with van der Waals surface area (Å²) in [6.45, 7) is 18.1. The van der Waals surface area contributed by atoms with Crippen molar-refractivity contribution in [3.05, 3.63) is 11.6 Å². The highest BCUT2D eigenvalue weighted by Gasteiger charge is 2.26. The van der Waals surface area contributed by atoms with Gasteiger partial charge in [0.2, 0.25) is 0 Å². The van der Waals surface area contributed by atoms with Gasteiger partial charge in [-0.15, -0.1) is 0 Å². The molecule has 0 aromatic carbocycles. The lowest BCUT2D eigenvalue weighted by atomic mass is 9.78. The topological polar surface area (TPSA) is 74.6 Å². The van der Waals surface area contributed by atoms with E-state index in [4.69, 9.17) is 0 Å². The van der Waals surface area contributed by atoms with Crippen molar-refractivity contribution in [1.29, 1.82) is 0 Å². The third-order valence-electron chi connectivity index (χ3n) is 6.66. The van der Waals surface area contributed by atoms with Crippen LogP contribution in [0.4, 0.5) is 0 Å². The van der Waals surface area contributed by atoms with E-state index in [1.165, 1.54) is 0 Å². The van der Waals surface area contributed by atoms with Crippen LogP contribution in [0.3, 0.4) is 0 Å². The highest BCUT2D eigenvalue weighted by Crippen LogP contribution is 2.29. The maximum Gasteiger partial charge on any atom is 0.142 e. The molecule has 4 nitrogen and oxygen atoms in total. The lowest BCUT2D eigenvalue weighted by Gasteiger charge is -2.29. The minimum atomic E-state index is -0.861. The van der Waals surface area contributed by atoms with Crippen molar-refractivity contribution in [2.45, 2.75) is 100 Å². The summed E-state index contributed by atoms with van der Waals surface area (Å²) in [4.78, 5) is 24.8. The number of hydrogen-bond donors (Lipinski definition) is 2. The number of carbonyl (C=O) groups is 2. The molecule has 0 fully saturated rings. The second-order valence-corrected chi connectivity index (χ2v) is 9.77. The minimum Gasteiger partial charge on any atom is -0.393 e. The molecule has 0 bridgehead atoms. The fourth-order valence-corrected chi connectivity index (χ4v) is 3.79. The van der Waals surface area contributed by atoms with Crippen LogP contribution in [0.2, 0.25) is 0 Å². The first kappa shape index (κ1) is 28.0. The maximum atomic E-state index is 12.6. The summed E-state index contributed by atoms with van der Waals surface area (Å²) in [5, 5.41) is 20.8. The molecule has 0 amide bonds. The van der Waals surface area contributed by atoms with Gasteiger partial charge in [0.05, 0.1) is 12.2 Å². The van der Waals surface area contributed by atoms with Crippen LogP contribution in [0, 0.1) is 35.5 Å². The molecular weight excluding hydrogens is 364 g/mol. The van der Waals surface area contributed by atoms with Crippen molar-refractivity contribution in [3.8, 4) is 0 Å². The van der Waals surface area contributed by atoms with E-state index >= 15 is 0 Å². The van der Waals surface area contributed by atoms with Gasteiger partial charge in [-0.1, -0.05) is 67.9 Å². The lowest BCUT2D eigenvalue weighted by Crippen LogP contribution is -2.27. The monoisotopic (exact) mass is 410 g/mol. The van der Waals surface area contributed by atoms with Crippen LogP contribution in [-0.4, -0.2) is 34.0 Å². The number of ketones is 2. The fraction of sp³-hybridized carbons (Fsp3) is 0.840. The molecule has 6 unspecified atom stereocenters. The van der Waals surface area contributed by atoms with Gasteiger partial charge in [0, 0.05) is 24.7 Å². The first-order valence-corrected chi connectivity index (χ1v) is 11.4. The maximum absolute atomic E-state index is 12.6. The molecule has 0 aliphatic carbocycles. The average Bonchev–Trinajstić information content (AvgIpc) is 2.63. The van der Waals surface area contributed by atoms with Gasteiger partial charge >= 0.3 is 0 Å². The molecule has 0 saturated carbocycles. The Morgan fingerprint density at radius 3 is 1.86 bits per heavy atom. The molecule has 170 valence electrons. The van der Waals surface area contributed by atoms with Crippen LogP contribution in [0.25, 0.3) is 0 Å². The summed E-state index contributed by atoms with van der Waals surface area (Å²) in [6, 6.07) is 0. The van der Waals surface area contributed by atoms with E-state index in [2.05, 4.69) is 27.7 Å². The minimum absolute atomic E-state index is 0.0300. The predicted octanol–water partition coefficient (Wildman–Crippen LogP) is 5.21. The zero-order valence-electron chi connectivity index (χ0n) is 20.2. The molecular formula is C25H46O4. The Morgan fingerprint density at radius 1 is 0.862 bits per heavy atom. The van der Waals surface area contributed by atoms with Crippen molar-refractivity contribution >= 4 is 11.6 Å². The second-order valence-electron chi connectivity index (χ2n) is 9.77. The van der Waals surface area contributed by atoms with E-state index < -0.39 is 18.1 Å². The predicted molar refractivity (Wildman–Crippen MR) is 121 cm³/mol. The number of Topliss-reactive ketones (excluding diaryl/α,β-unsaturated/α-hetero) is 2. The van der Waals surface area contributed by atoms with Crippen LogP contribution in [0.15, 0.2) is 11.6 Å². The summed E-state index contributed by atoms with van der Waals surface area (Å²) < 4.78 is 0. The first-order valence-electron chi connectivity index (χ1n) is 11.4. The van der Waals surface area contributed by atoms with Gasteiger partial charge < -0.3 is 10.2 Å². The molecule has 0 aliphatic heterocycles. The van der Waals surface area contributed by atoms with Crippen LogP contribution in [0.1, 0.15) is 88.0 Å². The van der Waals surface area contributed by atoms with Crippen molar-refractivity contribution in [2.24, 2.45) is 35.5 Å². The Kier molecular flexibility index (Phi) is 12.9. The number of aliphatic hydroxyl groups excluding tert-OH is 2. The standard InChI is InChI=1S/C25H46O4/c1-10-17(6)22(16(4)5)12-21(26)13-23(27)18(7)11-19(8)24(28)14-25(29)20(9)15(2)3/h11,15-18,20-22,24,26,28H,10,12-14H2,1-9H3/b19-11+. The van der Waals surface area contributed by atoms with Gasteiger partial charge in [-0.05, 0) is 42.6 Å². The number of aliphatic hydroxyl groups is 2. The summed E-state index contributed by atoms with van der Waals surface area (Å²) in [7, 11) is 0. The van der Waals surface area contributed by atoms with Crippen LogP contribution in [-0.2, 0) is 9.59 Å². The molecule has 2 N–H and O–H groups in total. The summed E-state index contributed by atoms with van der Waals surface area (Å²) in [6.07, 6.45) is 2.14. The molecule has 0 saturated heterocycles. The van der Waals surface area contributed by atoms with Crippen molar-refractivity contribution < 1.29 is 19.8 Å². The lowest BCUT2D eigenvalue weighted by molar-refractivity contribution is -0.125. The van der Waals surface area contributed by atoms with E-state index in [0.29, 0.717) is 29.7 Å². The molecule has 0 heterocycles. The average molecular weight is 411 g/mol. The largest absolute Gasteiger partial charge is 0.393 e. The SMILES string of the molecule is CCC(C)C(CC(O)CC(=O)C(C)/C=C(\C)C(O)CC(=O)C(C)C(C)C)C(C)C. The van der Waals surface area contributed by atoms with Crippen LogP contribution >= 0.6 is 0 Å². The number of carbonyl (C=O) groups excluding carboxylic acids is 2. The van der Waals surface area contributed by atoms with Crippen LogP contribution in [0.5, 0.6) is 0 Å². The smallest absolute Gasteiger partial charge is 0.142 e. The molecule has 29 heavy (non-hydrogen) atoms. The van der Waals surface area contributed by atoms with Gasteiger partial charge in [-0.3, -0.25) is 9.59 Å². The Labute approximate surface area is 179 Å². The molecule has 4 heteroatoms. The van der Waals surface area contributed by atoms with E-state index in [9.17, 15) is 19.8 Å². The van der Waals surface area contributed by atoms with Gasteiger partial charge in [0.1, 0.15) is 11.6 Å². The molecule has 0 spiro atoms. The third-order valence-corrected chi connectivity index (χ3v) is 6.66. The summed E-state index contributed by atoms with van der Waals surface area (Å²) in [5.74, 6) is 1.15. The van der Waals surface area contributed by atoms with Crippen LogP contribution < -0.4 is 0 Å². The van der Waals surface area contributed by atoms with E-state index in [-0.39, 0.29) is 36.2 Å². The van der Waals surface area contributed by atoms with Gasteiger partial charge in [-0.25, -0.2) is 0 Å². The Balaban J connectivity index is 4.83. The van der Waals surface area contributed by atoms with E-state index in [1.54, 1.807) is 19.9 Å². The molecule has 6 atom stereocenters. The zero-order chi connectivity index (χ0) is 22.9. The normalized spacial score (nSPS) is 19.0. The summed E-state index contributed by atoms with van der Waals surface area (Å²) in [5.41, 5.74) is 0.643. The zero-order valence-corrected chi connectivity index (χ0v) is 20.2. The van der Waals surface area contributed by atoms with Gasteiger partial charge in [0.15, 0.2) is 0 Å². The molecule has 0 aliphatic rings. The van der Waals surface area contributed by atoms with Crippen molar-refractivity contribution in [2.75, 3.05) is 0 Å². The van der Waals surface area contributed by atoms with Gasteiger partial charge in [0.25, 0.3) is 0 Å². The number of allylic oxidation sites excluding steroid dienone is 1. The highest BCUT2D eigenvalue weighted by molar-refractivity contribution is 5.83. The Bertz CT molecular complexity index is 535. The molecule has 0 aromatic heterocycles. The molecule has 0 aromatic rings. The van der Waals surface area contributed by atoms with E-state index in [1.807, 2.05) is 20.8 Å². The Hall–Kier alpha value is -1.00. The number of hydrogen-bond acceptors (Lipinski definition) is 4. The third kappa shape index (κ3) is 10.0. The van der Waals surface area contributed by atoms with Gasteiger partial charge in [-0.2, -0.15) is 0 Å². The fourth-order valence-electron chi connectivity index (χ4n) is 3.79. The quantitative estimate of drug-likeness (QED) is 0.386. The van der Waals surface area contributed by atoms with Crippen molar-refractivity contribution in [1.82, 2.24) is 0 Å². The van der Waals surface area contributed by atoms with E-state index in [0.717, 1.165) is 6.42 Å². The highest BCUT2D eigenvalue weighted by atomic mass is 16.3. The first-order chi connectivity index (χ1) is 13.3. The summed E-state index contributed by atoms with van der Waals surface area (Å²) >= 11 is 0.